The molecule has 0 bridgehead atoms. The smallest absolute Gasteiger partial charge is 0.269 e. The summed E-state index contributed by atoms with van der Waals surface area (Å²) in [6.45, 7) is 3.81. The standard InChI is InChI=1S/C25H24IN3O3S/c1-16-4-6-20(7-5-16)33(30,31)29-15-23(26)21-11-19(13-27-25(21)29)18-10-17-8-9-28(2)14-22(17)24(12-18)32-3/h4-7,10-13,15H,8-9,14H2,1-3H3. The lowest BCUT2D eigenvalue weighted by molar-refractivity contribution is 0.302. The molecule has 1 aliphatic rings. The van der Waals surface area contributed by atoms with Gasteiger partial charge in [-0.2, -0.15) is 0 Å². The molecule has 1 aliphatic heterocycles. The van der Waals surface area contributed by atoms with Gasteiger partial charge in [0.15, 0.2) is 5.65 Å². The minimum absolute atomic E-state index is 0.247. The van der Waals surface area contributed by atoms with Crippen LogP contribution in [-0.4, -0.2) is 43.0 Å². The van der Waals surface area contributed by atoms with Crippen molar-refractivity contribution in [2.45, 2.75) is 24.8 Å². The van der Waals surface area contributed by atoms with Crippen LogP contribution in [0.1, 0.15) is 16.7 Å². The Hall–Kier alpha value is -2.43. The summed E-state index contributed by atoms with van der Waals surface area (Å²) in [4.78, 5) is 7.13. The summed E-state index contributed by atoms with van der Waals surface area (Å²) in [5, 5.41) is 0.806. The Morgan fingerprint density at radius 1 is 1.09 bits per heavy atom. The summed E-state index contributed by atoms with van der Waals surface area (Å²) in [6, 6.07) is 13.1. The Balaban J connectivity index is 1.61. The molecule has 0 saturated carbocycles. The van der Waals surface area contributed by atoms with Crippen LogP contribution in [0.3, 0.4) is 0 Å². The third-order valence-electron chi connectivity index (χ3n) is 6.19. The SMILES string of the molecule is COc1cc(-c2cnc3c(c2)c(I)cn3S(=O)(=O)c2ccc(C)cc2)cc2c1CN(C)CC2. The van der Waals surface area contributed by atoms with Crippen molar-refractivity contribution >= 4 is 43.6 Å². The molecule has 0 fully saturated rings. The van der Waals surface area contributed by atoms with Gasteiger partial charge in [-0.15, -0.1) is 0 Å². The summed E-state index contributed by atoms with van der Waals surface area (Å²) in [5.74, 6) is 0.878. The molecule has 0 unspecified atom stereocenters. The van der Waals surface area contributed by atoms with Gasteiger partial charge in [0.2, 0.25) is 0 Å². The second kappa shape index (κ2) is 8.41. The zero-order valence-electron chi connectivity index (χ0n) is 18.7. The summed E-state index contributed by atoms with van der Waals surface area (Å²) in [5.41, 5.74) is 5.91. The fourth-order valence-corrected chi connectivity index (χ4v) is 6.51. The van der Waals surface area contributed by atoms with Crippen molar-refractivity contribution in [3.63, 3.8) is 0 Å². The van der Waals surface area contributed by atoms with Crippen molar-refractivity contribution in [1.29, 1.82) is 0 Å². The maximum absolute atomic E-state index is 13.3. The monoisotopic (exact) mass is 573 g/mol. The van der Waals surface area contributed by atoms with Crippen LogP contribution in [0.4, 0.5) is 0 Å². The first-order valence-electron chi connectivity index (χ1n) is 10.7. The van der Waals surface area contributed by atoms with Crippen LogP contribution >= 0.6 is 22.6 Å². The predicted molar refractivity (Wildman–Crippen MR) is 138 cm³/mol. The van der Waals surface area contributed by atoms with E-state index in [1.807, 2.05) is 19.1 Å². The van der Waals surface area contributed by atoms with E-state index in [2.05, 4.69) is 45.6 Å². The predicted octanol–water partition coefficient (Wildman–Crippen LogP) is 4.85. The first kappa shape index (κ1) is 22.4. The number of methoxy groups -OCH3 is 1. The first-order chi connectivity index (χ1) is 15.8. The molecule has 5 rings (SSSR count). The minimum atomic E-state index is -3.74. The highest BCUT2D eigenvalue weighted by Crippen LogP contribution is 2.35. The molecule has 0 N–H and O–H groups in total. The van der Waals surface area contributed by atoms with Gasteiger partial charge < -0.3 is 9.64 Å². The Bertz CT molecular complexity index is 1460. The van der Waals surface area contributed by atoms with Crippen LogP contribution in [0.15, 0.2) is 59.8 Å². The molecule has 8 heteroatoms. The van der Waals surface area contributed by atoms with E-state index >= 15 is 0 Å². The number of aromatic nitrogens is 2. The molecule has 33 heavy (non-hydrogen) atoms. The maximum Gasteiger partial charge on any atom is 0.269 e. The Labute approximate surface area is 207 Å². The second-order valence-corrected chi connectivity index (χ2v) is 11.5. The number of nitrogens with zero attached hydrogens (tertiary/aromatic N) is 3. The molecule has 0 saturated heterocycles. The number of halogens is 1. The zero-order valence-corrected chi connectivity index (χ0v) is 21.6. The second-order valence-electron chi connectivity index (χ2n) is 8.49. The number of fused-ring (bicyclic) bond motifs is 2. The molecule has 0 atom stereocenters. The summed E-state index contributed by atoms with van der Waals surface area (Å²) >= 11 is 2.17. The van der Waals surface area contributed by atoms with E-state index in [-0.39, 0.29) is 4.90 Å². The number of hydrogen-bond donors (Lipinski definition) is 0. The molecule has 170 valence electrons. The molecule has 0 radical (unpaired) electrons. The van der Waals surface area contributed by atoms with Crippen molar-refractivity contribution < 1.29 is 13.2 Å². The van der Waals surface area contributed by atoms with E-state index in [4.69, 9.17) is 4.74 Å². The fourth-order valence-electron chi connectivity index (χ4n) is 4.32. The third-order valence-corrected chi connectivity index (χ3v) is 8.71. The summed E-state index contributed by atoms with van der Waals surface area (Å²) in [7, 11) is 0.0770. The van der Waals surface area contributed by atoms with E-state index in [9.17, 15) is 8.42 Å². The van der Waals surface area contributed by atoms with Gasteiger partial charge in [0.1, 0.15) is 5.75 Å². The molecular formula is C25H24IN3O3S. The van der Waals surface area contributed by atoms with Crippen molar-refractivity contribution in [1.82, 2.24) is 13.9 Å². The van der Waals surface area contributed by atoms with E-state index in [1.165, 1.54) is 15.1 Å². The average Bonchev–Trinajstić information content (AvgIpc) is 3.15. The van der Waals surface area contributed by atoms with Gasteiger partial charge in [0, 0.05) is 45.6 Å². The molecule has 2 aromatic carbocycles. The first-order valence-corrected chi connectivity index (χ1v) is 13.2. The van der Waals surface area contributed by atoms with Gasteiger partial charge in [0.05, 0.1) is 12.0 Å². The summed E-state index contributed by atoms with van der Waals surface area (Å²) in [6.07, 6.45) is 4.35. The minimum Gasteiger partial charge on any atom is -0.496 e. The van der Waals surface area contributed by atoms with Crippen LogP contribution in [0, 0.1) is 10.5 Å². The fraction of sp³-hybridized carbons (Fsp3) is 0.240. The van der Waals surface area contributed by atoms with Gasteiger partial charge in [-0.1, -0.05) is 23.8 Å². The Morgan fingerprint density at radius 3 is 2.58 bits per heavy atom. The van der Waals surface area contributed by atoms with E-state index in [0.717, 1.165) is 50.9 Å². The highest BCUT2D eigenvalue weighted by molar-refractivity contribution is 14.1. The van der Waals surface area contributed by atoms with Crippen LogP contribution in [0.2, 0.25) is 0 Å². The summed E-state index contributed by atoms with van der Waals surface area (Å²) < 4.78 is 34.4. The number of aryl methyl sites for hydroxylation is 1. The molecular weight excluding hydrogens is 549 g/mol. The molecule has 0 aliphatic carbocycles. The number of rotatable bonds is 4. The largest absolute Gasteiger partial charge is 0.496 e. The van der Waals surface area contributed by atoms with Crippen LogP contribution in [0.25, 0.3) is 22.2 Å². The molecule has 0 amide bonds. The van der Waals surface area contributed by atoms with E-state index in [1.54, 1.807) is 43.8 Å². The molecule has 3 heterocycles. The molecule has 6 nitrogen and oxygen atoms in total. The van der Waals surface area contributed by atoms with Gasteiger partial charge >= 0.3 is 0 Å². The normalized spacial score (nSPS) is 14.4. The highest BCUT2D eigenvalue weighted by Gasteiger charge is 2.23. The van der Waals surface area contributed by atoms with Crippen molar-refractivity contribution in [3.8, 4) is 16.9 Å². The lowest BCUT2D eigenvalue weighted by Gasteiger charge is -2.27. The number of benzene rings is 2. The number of ether oxygens (including phenoxy) is 1. The number of hydrogen-bond acceptors (Lipinski definition) is 5. The topological polar surface area (TPSA) is 64.4 Å². The Kier molecular flexibility index (Phi) is 5.70. The zero-order chi connectivity index (χ0) is 23.3. The molecule has 2 aromatic heterocycles. The van der Waals surface area contributed by atoms with E-state index < -0.39 is 10.0 Å². The molecule has 4 aromatic rings. The van der Waals surface area contributed by atoms with Gasteiger partial charge in [0.25, 0.3) is 10.0 Å². The third kappa shape index (κ3) is 3.94. The quantitative estimate of drug-likeness (QED) is 0.327. The number of likely N-dealkylation sites (N-methyl/N-ethyl adjacent to an activating group) is 1. The maximum atomic E-state index is 13.3. The Morgan fingerprint density at radius 2 is 1.85 bits per heavy atom. The lowest BCUT2D eigenvalue weighted by Crippen LogP contribution is -2.27. The van der Waals surface area contributed by atoms with Crippen molar-refractivity contribution in [2.24, 2.45) is 0 Å². The van der Waals surface area contributed by atoms with Crippen LogP contribution < -0.4 is 4.74 Å². The molecule has 0 spiro atoms. The van der Waals surface area contributed by atoms with E-state index in [0.29, 0.717) is 5.65 Å². The van der Waals surface area contributed by atoms with Crippen molar-refractivity contribution in [3.05, 3.63) is 75.1 Å². The van der Waals surface area contributed by atoms with Gasteiger partial charge in [-0.3, -0.25) is 0 Å². The van der Waals surface area contributed by atoms with Gasteiger partial charge in [-0.25, -0.2) is 17.4 Å². The average molecular weight is 573 g/mol. The van der Waals surface area contributed by atoms with Crippen LogP contribution in [-0.2, 0) is 23.0 Å². The highest BCUT2D eigenvalue weighted by atomic mass is 127. The van der Waals surface area contributed by atoms with Crippen LogP contribution in [0.5, 0.6) is 5.75 Å². The van der Waals surface area contributed by atoms with Crippen molar-refractivity contribution in [2.75, 3.05) is 20.7 Å². The van der Waals surface area contributed by atoms with Gasteiger partial charge in [-0.05, 0) is 78.4 Å². The lowest BCUT2D eigenvalue weighted by atomic mass is 9.94. The number of pyridine rings is 1.